The summed E-state index contributed by atoms with van der Waals surface area (Å²) in [6.07, 6.45) is 1.50. The molecule has 0 fully saturated rings. The van der Waals surface area contributed by atoms with E-state index < -0.39 is 0 Å². The lowest BCUT2D eigenvalue weighted by Gasteiger charge is -2.08. The lowest BCUT2D eigenvalue weighted by atomic mass is 10.2. The van der Waals surface area contributed by atoms with Crippen LogP contribution < -0.4 is 10.2 Å². The molecule has 0 radical (unpaired) electrons. The summed E-state index contributed by atoms with van der Waals surface area (Å²) >= 11 is 3.29. The third-order valence-electron chi connectivity index (χ3n) is 1.55. The van der Waals surface area contributed by atoms with Crippen molar-refractivity contribution >= 4 is 21.6 Å². The Kier molecular flexibility index (Phi) is 2.88. The van der Waals surface area contributed by atoms with Gasteiger partial charge in [-0.2, -0.15) is 0 Å². The van der Waals surface area contributed by atoms with Gasteiger partial charge in [0.05, 0.1) is 23.5 Å². The standard InChI is InChI=1S/C7H9BrN2O2/c1-4-5(10-11)3-9-7(12-2)6(4)8/h3,10-11H,1-2H3. The Labute approximate surface area is 78.7 Å². The molecule has 0 saturated carbocycles. The highest BCUT2D eigenvalue weighted by Gasteiger charge is 2.08. The van der Waals surface area contributed by atoms with Crippen LogP contribution in [0.2, 0.25) is 0 Å². The Morgan fingerprint density at radius 2 is 2.33 bits per heavy atom. The predicted octanol–water partition coefficient (Wildman–Crippen LogP) is 1.96. The monoisotopic (exact) mass is 232 g/mol. The number of nitrogens with zero attached hydrogens (tertiary/aromatic N) is 1. The van der Waals surface area contributed by atoms with Crippen molar-refractivity contribution in [3.05, 3.63) is 16.2 Å². The Morgan fingerprint density at radius 3 is 2.83 bits per heavy atom. The largest absolute Gasteiger partial charge is 0.480 e. The average Bonchev–Trinajstić information content (AvgIpc) is 2.10. The van der Waals surface area contributed by atoms with Crippen LogP contribution in [0.4, 0.5) is 5.69 Å². The minimum Gasteiger partial charge on any atom is -0.480 e. The lowest BCUT2D eigenvalue weighted by molar-refractivity contribution is 0.383. The van der Waals surface area contributed by atoms with E-state index in [0.717, 1.165) is 10.0 Å². The number of nitrogens with one attached hydrogen (secondary N) is 1. The van der Waals surface area contributed by atoms with Gasteiger partial charge in [0.2, 0.25) is 5.88 Å². The topological polar surface area (TPSA) is 54.4 Å². The van der Waals surface area contributed by atoms with Crippen molar-refractivity contribution < 1.29 is 9.94 Å². The number of methoxy groups -OCH3 is 1. The van der Waals surface area contributed by atoms with E-state index in [1.54, 1.807) is 7.11 Å². The molecule has 0 aliphatic carbocycles. The van der Waals surface area contributed by atoms with Crippen LogP contribution in [0.15, 0.2) is 10.7 Å². The second-order valence-electron chi connectivity index (χ2n) is 2.23. The summed E-state index contributed by atoms with van der Waals surface area (Å²) < 4.78 is 5.70. The molecule has 0 unspecified atom stereocenters. The second-order valence-corrected chi connectivity index (χ2v) is 3.02. The molecule has 0 aliphatic heterocycles. The molecular weight excluding hydrogens is 224 g/mol. The molecule has 2 N–H and O–H groups in total. The fraction of sp³-hybridized carbons (Fsp3) is 0.286. The Hall–Kier alpha value is -0.810. The summed E-state index contributed by atoms with van der Waals surface area (Å²) in [6.45, 7) is 1.84. The molecule has 1 rings (SSSR count). The number of ether oxygens (including phenoxy) is 1. The van der Waals surface area contributed by atoms with E-state index in [0.29, 0.717) is 11.6 Å². The highest BCUT2D eigenvalue weighted by molar-refractivity contribution is 9.10. The van der Waals surface area contributed by atoms with Crippen LogP contribution in [0, 0.1) is 6.92 Å². The number of hydrogen-bond donors (Lipinski definition) is 2. The number of hydrogen-bond acceptors (Lipinski definition) is 4. The van der Waals surface area contributed by atoms with Gasteiger partial charge in [0.1, 0.15) is 0 Å². The molecule has 1 aromatic rings. The molecule has 0 aliphatic rings. The van der Waals surface area contributed by atoms with E-state index >= 15 is 0 Å². The molecule has 66 valence electrons. The molecule has 1 heterocycles. The first kappa shape index (κ1) is 9.28. The number of rotatable bonds is 2. The van der Waals surface area contributed by atoms with Crippen LogP contribution >= 0.6 is 15.9 Å². The molecule has 0 amide bonds. The summed E-state index contributed by atoms with van der Waals surface area (Å²) in [7, 11) is 1.54. The molecule has 0 spiro atoms. The van der Waals surface area contributed by atoms with E-state index in [1.165, 1.54) is 6.20 Å². The lowest BCUT2D eigenvalue weighted by Crippen LogP contribution is -1.97. The van der Waals surface area contributed by atoms with Gasteiger partial charge in [0.25, 0.3) is 0 Å². The SMILES string of the molecule is COc1ncc(NO)c(C)c1Br. The molecule has 5 heteroatoms. The second kappa shape index (κ2) is 3.73. The fourth-order valence-electron chi connectivity index (χ4n) is 0.810. The molecule has 4 nitrogen and oxygen atoms in total. The summed E-state index contributed by atoms with van der Waals surface area (Å²) in [5, 5.41) is 8.65. The fourth-order valence-corrected chi connectivity index (χ4v) is 1.29. The maximum Gasteiger partial charge on any atom is 0.228 e. The van der Waals surface area contributed by atoms with Crippen molar-refractivity contribution in [2.24, 2.45) is 0 Å². The highest BCUT2D eigenvalue weighted by atomic mass is 79.9. The Balaban J connectivity index is 3.20. The first-order valence-corrected chi connectivity index (χ1v) is 4.09. The van der Waals surface area contributed by atoms with Gasteiger partial charge in [0.15, 0.2) is 0 Å². The highest BCUT2D eigenvalue weighted by Crippen LogP contribution is 2.30. The van der Waals surface area contributed by atoms with Crippen LogP contribution in [0.3, 0.4) is 0 Å². The number of aromatic nitrogens is 1. The number of anilines is 1. The van der Waals surface area contributed by atoms with Gasteiger partial charge >= 0.3 is 0 Å². The Bertz CT molecular complexity index is 262. The van der Waals surface area contributed by atoms with Crippen LogP contribution in [-0.4, -0.2) is 17.3 Å². The predicted molar refractivity (Wildman–Crippen MR) is 48.6 cm³/mol. The zero-order valence-electron chi connectivity index (χ0n) is 6.76. The van der Waals surface area contributed by atoms with Crippen molar-refractivity contribution in [1.29, 1.82) is 0 Å². The Morgan fingerprint density at radius 1 is 1.67 bits per heavy atom. The molecule has 0 aromatic carbocycles. The van der Waals surface area contributed by atoms with Crippen LogP contribution in [0.5, 0.6) is 5.88 Å². The quantitative estimate of drug-likeness (QED) is 0.766. The van der Waals surface area contributed by atoms with Crippen molar-refractivity contribution in [2.45, 2.75) is 6.92 Å². The molecule has 0 atom stereocenters. The van der Waals surface area contributed by atoms with Gasteiger partial charge in [-0.25, -0.2) is 4.98 Å². The molecule has 1 aromatic heterocycles. The molecule has 0 bridgehead atoms. The first-order valence-electron chi connectivity index (χ1n) is 3.30. The third-order valence-corrected chi connectivity index (χ3v) is 2.48. The minimum atomic E-state index is 0.506. The zero-order chi connectivity index (χ0) is 9.14. The summed E-state index contributed by atoms with van der Waals surface area (Å²) in [5.41, 5.74) is 3.45. The third kappa shape index (κ3) is 1.51. The van der Waals surface area contributed by atoms with Crippen LogP contribution in [0.25, 0.3) is 0 Å². The van der Waals surface area contributed by atoms with Crippen molar-refractivity contribution in [2.75, 3.05) is 12.6 Å². The maximum absolute atomic E-state index is 8.65. The first-order chi connectivity index (χ1) is 5.70. The van der Waals surface area contributed by atoms with E-state index in [9.17, 15) is 0 Å². The van der Waals surface area contributed by atoms with Gasteiger partial charge in [0, 0.05) is 0 Å². The minimum absolute atomic E-state index is 0.506. The summed E-state index contributed by atoms with van der Waals surface area (Å²) in [4.78, 5) is 3.94. The van der Waals surface area contributed by atoms with E-state index in [4.69, 9.17) is 9.94 Å². The normalized spacial score (nSPS) is 9.67. The smallest absolute Gasteiger partial charge is 0.228 e. The maximum atomic E-state index is 8.65. The molecule has 12 heavy (non-hydrogen) atoms. The van der Waals surface area contributed by atoms with E-state index in [-0.39, 0.29) is 0 Å². The van der Waals surface area contributed by atoms with E-state index in [2.05, 4.69) is 20.9 Å². The van der Waals surface area contributed by atoms with Crippen molar-refractivity contribution in [3.8, 4) is 5.88 Å². The molecule has 0 saturated heterocycles. The summed E-state index contributed by atoms with van der Waals surface area (Å²) in [6, 6.07) is 0. The van der Waals surface area contributed by atoms with Crippen LogP contribution in [-0.2, 0) is 0 Å². The average molecular weight is 233 g/mol. The number of pyridine rings is 1. The zero-order valence-corrected chi connectivity index (χ0v) is 8.34. The van der Waals surface area contributed by atoms with Gasteiger partial charge in [-0.3, -0.25) is 10.7 Å². The van der Waals surface area contributed by atoms with Crippen molar-refractivity contribution in [1.82, 2.24) is 4.98 Å². The van der Waals surface area contributed by atoms with Gasteiger partial charge < -0.3 is 4.74 Å². The van der Waals surface area contributed by atoms with Gasteiger partial charge in [-0.15, -0.1) is 0 Å². The van der Waals surface area contributed by atoms with Gasteiger partial charge in [-0.05, 0) is 28.4 Å². The van der Waals surface area contributed by atoms with Crippen LogP contribution in [0.1, 0.15) is 5.56 Å². The van der Waals surface area contributed by atoms with E-state index in [1.807, 2.05) is 12.4 Å². The summed E-state index contributed by atoms with van der Waals surface area (Å²) in [5.74, 6) is 0.506. The number of halogens is 1. The molecular formula is C7H9BrN2O2. The van der Waals surface area contributed by atoms with Gasteiger partial charge in [-0.1, -0.05) is 0 Å². The van der Waals surface area contributed by atoms with Crippen molar-refractivity contribution in [3.63, 3.8) is 0 Å².